The Morgan fingerprint density at radius 3 is 2.00 bits per heavy atom. The van der Waals surface area contributed by atoms with Gasteiger partial charge in [-0.05, 0) is 60.2 Å². The van der Waals surface area contributed by atoms with Crippen LogP contribution in [0.5, 0.6) is 11.5 Å². The predicted octanol–water partition coefficient (Wildman–Crippen LogP) is 8.28. The minimum Gasteiger partial charge on any atom is -0.489 e. The molecule has 0 saturated carbocycles. The second-order valence-corrected chi connectivity index (χ2v) is 8.20. The van der Waals surface area contributed by atoms with Crippen molar-refractivity contribution in [2.24, 2.45) is 0 Å². The zero-order valence-electron chi connectivity index (χ0n) is 20.2. The third kappa shape index (κ3) is 6.26. The summed E-state index contributed by atoms with van der Waals surface area (Å²) in [7, 11) is 0. The summed E-state index contributed by atoms with van der Waals surface area (Å²) in [5, 5.41) is 0. The molecule has 4 rings (SSSR count). The lowest BCUT2D eigenvalue weighted by Gasteiger charge is -2.19. The van der Waals surface area contributed by atoms with Crippen LogP contribution in [0.3, 0.4) is 0 Å². The van der Waals surface area contributed by atoms with Gasteiger partial charge in [-0.1, -0.05) is 24.5 Å². The molecule has 4 aromatic rings. The van der Waals surface area contributed by atoms with Crippen LogP contribution in [-0.4, -0.2) is 6.61 Å². The molecule has 204 valence electrons. The van der Waals surface area contributed by atoms with Gasteiger partial charge in [0.15, 0.2) is 17.5 Å². The molecule has 0 heterocycles. The molecule has 4 aromatic carbocycles. The summed E-state index contributed by atoms with van der Waals surface area (Å²) in [5.41, 5.74) is -2.08. The van der Waals surface area contributed by atoms with Crippen LogP contribution in [0.1, 0.15) is 16.7 Å². The predicted molar refractivity (Wildman–Crippen MR) is 131 cm³/mol. The Hall–Kier alpha value is -4.78. The van der Waals surface area contributed by atoms with Crippen molar-refractivity contribution in [2.45, 2.75) is 6.11 Å². The number of alkyl halides is 2. The monoisotopic (exact) mass is 560 g/mol. The van der Waals surface area contributed by atoms with Gasteiger partial charge in [0.1, 0.15) is 41.1 Å². The van der Waals surface area contributed by atoms with Crippen LogP contribution < -0.4 is 9.47 Å². The first-order valence-corrected chi connectivity index (χ1v) is 11.3. The van der Waals surface area contributed by atoms with E-state index >= 15 is 0 Å². The normalized spacial score (nSPS) is 11.0. The molecule has 40 heavy (non-hydrogen) atoms. The second-order valence-electron chi connectivity index (χ2n) is 8.20. The molecule has 0 unspecified atom stereocenters. The second kappa shape index (κ2) is 11.5. The van der Waals surface area contributed by atoms with Crippen molar-refractivity contribution >= 4 is 0 Å². The number of hydrogen-bond donors (Lipinski definition) is 0. The topological polar surface area (TPSA) is 18.5 Å². The summed E-state index contributed by atoms with van der Waals surface area (Å²) in [4.78, 5) is 0. The van der Waals surface area contributed by atoms with Crippen LogP contribution in [0.25, 0.3) is 11.1 Å². The zero-order chi connectivity index (χ0) is 29.0. The van der Waals surface area contributed by atoms with Crippen molar-refractivity contribution in [3.8, 4) is 34.5 Å². The standard InChI is InChI=1S/C30H16F8O2/c1-2-11-39-20-7-6-18(24(31)15-20)5-3-17-4-10-23(26(33)12-17)30(37,38)40-21-8-9-22(25(32)16-21)19-13-27(34)29(36)28(35)14-19/h2,4,6-10,12-16H,1,11H2. The molecule has 0 N–H and O–H groups in total. The minimum atomic E-state index is -4.27. The summed E-state index contributed by atoms with van der Waals surface area (Å²) in [6.07, 6.45) is -2.79. The molecule has 10 heteroatoms. The van der Waals surface area contributed by atoms with Gasteiger partial charge < -0.3 is 9.47 Å². The van der Waals surface area contributed by atoms with Crippen LogP contribution in [0.15, 0.2) is 79.4 Å². The minimum absolute atomic E-state index is 0.0410. The van der Waals surface area contributed by atoms with E-state index in [1.807, 2.05) is 0 Å². The Balaban J connectivity index is 1.52. The third-order valence-corrected chi connectivity index (χ3v) is 5.41. The molecule has 0 aliphatic rings. The molecule has 0 saturated heterocycles. The van der Waals surface area contributed by atoms with Gasteiger partial charge in [-0.25, -0.2) is 26.3 Å². The van der Waals surface area contributed by atoms with Gasteiger partial charge in [0.05, 0.1) is 5.56 Å². The number of ether oxygens (including phenoxy) is 2. The summed E-state index contributed by atoms with van der Waals surface area (Å²) >= 11 is 0. The van der Waals surface area contributed by atoms with Gasteiger partial charge in [-0.3, -0.25) is 0 Å². The maximum atomic E-state index is 14.7. The van der Waals surface area contributed by atoms with Crippen LogP contribution >= 0.6 is 0 Å². The first-order valence-electron chi connectivity index (χ1n) is 11.3. The van der Waals surface area contributed by atoms with E-state index in [1.54, 1.807) is 0 Å². The number of hydrogen-bond acceptors (Lipinski definition) is 2. The Morgan fingerprint density at radius 1 is 0.700 bits per heavy atom. The lowest BCUT2D eigenvalue weighted by Crippen LogP contribution is -2.23. The van der Waals surface area contributed by atoms with Crippen LogP contribution in [0.4, 0.5) is 35.1 Å². The molecule has 0 bridgehead atoms. The van der Waals surface area contributed by atoms with E-state index in [-0.39, 0.29) is 29.0 Å². The van der Waals surface area contributed by atoms with E-state index in [0.29, 0.717) is 30.3 Å². The molecule has 0 radical (unpaired) electrons. The van der Waals surface area contributed by atoms with Crippen molar-refractivity contribution in [3.05, 3.63) is 131 Å². The fourth-order valence-electron chi connectivity index (χ4n) is 3.52. The first kappa shape index (κ1) is 28.2. The van der Waals surface area contributed by atoms with E-state index in [2.05, 4.69) is 23.2 Å². The highest BCUT2D eigenvalue weighted by atomic mass is 19.3. The van der Waals surface area contributed by atoms with E-state index < -0.39 is 57.9 Å². The average Bonchev–Trinajstić information content (AvgIpc) is 2.89. The van der Waals surface area contributed by atoms with Gasteiger partial charge in [0.25, 0.3) is 0 Å². The van der Waals surface area contributed by atoms with E-state index in [9.17, 15) is 35.1 Å². The van der Waals surface area contributed by atoms with Gasteiger partial charge in [0.2, 0.25) is 0 Å². The third-order valence-electron chi connectivity index (χ3n) is 5.41. The van der Waals surface area contributed by atoms with Crippen LogP contribution in [0, 0.1) is 46.7 Å². The SMILES string of the molecule is C=CCOc1ccc(C#Cc2ccc(C(F)(F)Oc3ccc(-c4cc(F)c(F)c(F)c4)c(F)c3)c(F)c2)c(F)c1. The summed E-state index contributed by atoms with van der Waals surface area (Å²) < 4.78 is 123. The van der Waals surface area contributed by atoms with Crippen molar-refractivity contribution in [1.29, 1.82) is 0 Å². The highest BCUT2D eigenvalue weighted by molar-refractivity contribution is 5.65. The van der Waals surface area contributed by atoms with E-state index in [1.165, 1.54) is 18.2 Å². The molecule has 0 atom stereocenters. The molecule has 0 fully saturated rings. The molecule has 0 aliphatic carbocycles. The number of benzene rings is 4. The molecule has 0 spiro atoms. The molecule has 0 aromatic heterocycles. The smallest absolute Gasteiger partial charge is 0.429 e. The van der Waals surface area contributed by atoms with Crippen molar-refractivity contribution in [2.75, 3.05) is 6.61 Å². The number of rotatable bonds is 7. The molecular formula is C30H16F8O2. The van der Waals surface area contributed by atoms with Crippen LogP contribution in [0.2, 0.25) is 0 Å². The maximum absolute atomic E-state index is 14.7. The summed E-state index contributed by atoms with van der Waals surface area (Å²) in [6.45, 7) is 3.65. The van der Waals surface area contributed by atoms with E-state index in [0.717, 1.165) is 24.3 Å². The quantitative estimate of drug-likeness (QED) is 0.0981. The molecule has 0 amide bonds. The first-order chi connectivity index (χ1) is 19.0. The van der Waals surface area contributed by atoms with Gasteiger partial charge in [-0.15, -0.1) is 0 Å². The highest BCUT2D eigenvalue weighted by Gasteiger charge is 2.38. The average molecular weight is 560 g/mol. The van der Waals surface area contributed by atoms with E-state index in [4.69, 9.17) is 4.74 Å². The van der Waals surface area contributed by atoms with Crippen molar-refractivity contribution in [3.63, 3.8) is 0 Å². The highest BCUT2D eigenvalue weighted by Crippen LogP contribution is 2.35. The lowest BCUT2D eigenvalue weighted by molar-refractivity contribution is -0.187. The van der Waals surface area contributed by atoms with Crippen molar-refractivity contribution in [1.82, 2.24) is 0 Å². The fourth-order valence-corrected chi connectivity index (χ4v) is 3.52. The maximum Gasteiger partial charge on any atom is 0.429 e. The Morgan fingerprint density at radius 2 is 1.38 bits per heavy atom. The Labute approximate surface area is 223 Å². The molecule has 0 aliphatic heterocycles. The van der Waals surface area contributed by atoms with Gasteiger partial charge in [-0.2, -0.15) is 8.78 Å². The summed E-state index contributed by atoms with van der Waals surface area (Å²) in [6, 6.07) is 9.68. The molecule has 2 nitrogen and oxygen atoms in total. The largest absolute Gasteiger partial charge is 0.489 e. The van der Waals surface area contributed by atoms with Crippen LogP contribution in [-0.2, 0) is 6.11 Å². The summed E-state index contributed by atoms with van der Waals surface area (Å²) in [5.74, 6) is -3.74. The Bertz CT molecular complexity index is 1630. The fraction of sp³-hybridized carbons (Fsp3) is 0.0667. The van der Waals surface area contributed by atoms with Gasteiger partial charge in [0, 0.05) is 23.3 Å². The lowest BCUT2D eigenvalue weighted by atomic mass is 10.0. The number of halogens is 8. The molecular weight excluding hydrogens is 544 g/mol. The zero-order valence-corrected chi connectivity index (χ0v) is 20.2. The van der Waals surface area contributed by atoms with Crippen molar-refractivity contribution < 1.29 is 44.6 Å². The van der Waals surface area contributed by atoms with Gasteiger partial charge >= 0.3 is 6.11 Å². The Kier molecular flexibility index (Phi) is 8.14.